The van der Waals surface area contributed by atoms with Gasteiger partial charge in [-0.15, -0.1) is 9.32 Å². The molecule has 0 saturated carbocycles. The Kier molecular flexibility index (Phi) is 8.20. The van der Waals surface area contributed by atoms with Crippen LogP contribution in [0.5, 0.6) is 5.75 Å². The lowest BCUT2D eigenvalue weighted by molar-refractivity contribution is -0.195. The maximum atomic E-state index is 12.8. The van der Waals surface area contributed by atoms with Gasteiger partial charge in [0.25, 0.3) is 0 Å². The van der Waals surface area contributed by atoms with Crippen LogP contribution in [-0.2, 0) is 27.1 Å². The Hall–Kier alpha value is -3.89. The van der Waals surface area contributed by atoms with Gasteiger partial charge in [-0.2, -0.15) is 11.0 Å². The fraction of sp³-hybridized carbons (Fsp3) is 0.172. The molecule has 0 spiro atoms. The number of carbonyl (C=O) groups is 1. The number of ether oxygens (including phenoxy) is 2. The van der Waals surface area contributed by atoms with Gasteiger partial charge in [0.2, 0.25) is 0 Å². The molecule has 0 bridgehead atoms. The largest absolute Gasteiger partial charge is 0.488 e. The molecular formula is C29H27N3O5S. The normalized spacial score (nSPS) is 12.5. The van der Waals surface area contributed by atoms with Crippen LogP contribution < -0.4 is 10.6 Å². The Morgan fingerprint density at radius 2 is 1.76 bits per heavy atom. The summed E-state index contributed by atoms with van der Waals surface area (Å²) in [6, 6.07) is 25.6. The third-order valence-corrected chi connectivity index (χ3v) is 6.78. The lowest BCUT2D eigenvalue weighted by Crippen LogP contribution is -2.09. The molecule has 0 radical (unpaired) electrons. The summed E-state index contributed by atoms with van der Waals surface area (Å²) in [5.41, 5.74) is 6.07. The van der Waals surface area contributed by atoms with Crippen molar-refractivity contribution >= 4 is 29.7 Å². The highest BCUT2D eigenvalue weighted by molar-refractivity contribution is 7.94. The standard InChI is InChI=1S/C29H27N3O5S/c1-2-34-29(33)28-25-17-12-21(24-10-6-7-11-27(24)35-19-20-8-4-3-5-9-20)18-26(25)32(31-28)22-13-15-23(16-14-22)38-37-36-30/h3-11,13-16,18H,2,12,17,19,30H2,1H3. The van der Waals surface area contributed by atoms with E-state index in [9.17, 15) is 4.79 Å². The number of para-hydroxylation sites is 1. The van der Waals surface area contributed by atoms with Gasteiger partial charge in [-0.1, -0.05) is 48.5 Å². The molecule has 8 nitrogen and oxygen atoms in total. The maximum Gasteiger partial charge on any atom is 0.359 e. The lowest BCUT2D eigenvalue weighted by atomic mass is 9.90. The average molecular weight is 530 g/mol. The van der Waals surface area contributed by atoms with Crippen LogP contribution in [0.25, 0.3) is 17.3 Å². The molecule has 1 aromatic heterocycles. The van der Waals surface area contributed by atoms with Crippen molar-refractivity contribution in [3.8, 4) is 11.4 Å². The molecule has 0 aliphatic heterocycles. The van der Waals surface area contributed by atoms with Crippen molar-refractivity contribution in [3.05, 3.63) is 107 Å². The van der Waals surface area contributed by atoms with Crippen molar-refractivity contribution in [3.63, 3.8) is 0 Å². The SMILES string of the molecule is CCOC(=O)c1nn(-c2ccc(SOON)cc2)c2c1CCC(c1ccccc1OCc1ccccc1)=C2. The Morgan fingerprint density at radius 1 is 1.00 bits per heavy atom. The molecule has 1 aliphatic rings. The predicted molar refractivity (Wildman–Crippen MR) is 145 cm³/mol. The highest BCUT2D eigenvalue weighted by Crippen LogP contribution is 2.37. The van der Waals surface area contributed by atoms with Gasteiger partial charge in [-0.3, -0.25) is 0 Å². The summed E-state index contributed by atoms with van der Waals surface area (Å²) in [5.74, 6) is 5.32. The molecule has 1 heterocycles. The van der Waals surface area contributed by atoms with E-state index in [-0.39, 0.29) is 6.61 Å². The summed E-state index contributed by atoms with van der Waals surface area (Å²) < 4.78 is 18.1. The minimum atomic E-state index is -0.424. The molecule has 4 aromatic rings. The van der Waals surface area contributed by atoms with E-state index in [1.165, 1.54) is 0 Å². The Balaban J connectivity index is 1.51. The first kappa shape index (κ1) is 25.7. The van der Waals surface area contributed by atoms with E-state index in [4.69, 9.17) is 19.7 Å². The van der Waals surface area contributed by atoms with Gasteiger partial charge in [-0.05, 0) is 67.3 Å². The molecule has 2 N–H and O–H groups in total. The number of esters is 1. The van der Waals surface area contributed by atoms with Gasteiger partial charge >= 0.3 is 5.97 Å². The summed E-state index contributed by atoms with van der Waals surface area (Å²) in [6.45, 7) is 2.54. The van der Waals surface area contributed by atoms with E-state index in [2.05, 4.69) is 22.2 Å². The van der Waals surface area contributed by atoms with Crippen LogP contribution in [0.1, 0.15) is 46.2 Å². The van der Waals surface area contributed by atoms with Crippen LogP contribution in [-0.4, -0.2) is 22.4 Å². The van der Waals surface area contributed by atoms with Crippen LogP contribution >= 0.6 is 12.0 Å². The first-order valence-electron chi connectivity index (χ1n) is 12.2. The second-order valence-electron chi connectivity index (χ2n) is 8.53. The summed E-state index contributed by atoms with van der Waals surface area (Å²) in [4.78, 5) is 17.7. The number of hydrogen-bond donors (Lipinski definition) is 1. The molecule has 0 saturated heterocycles. The number of hydrogen-bond acceptors (Lipinski definition) is 8. The number of allylic oxidation sites excluding steroid dienone is 1. The number of nitrogens with two attached hydrogens (primary N) is 1. The lowest BCUT2D eigenvalue weighted by Gasteiger charge is -2.19. The van der Waals surface area contributed by atoms with E-state index in [1.54, 1.807) is 11.6 Å². The minimum absolute atomic E-state index is 0.281. The van der Waals surface area contributed by atoms with E-state index in [0.717, 1.165) is 62.8 Å². The van der Waals surface area contributed by atoms with E-state index in [1.807, 2.05) is 72.8 Å². The first-order chi connectivity index (χ1) is 18.7. The van der Waals surface area contributed by atoms with Gasteiger partial charge < -0.3 is 9.47 Å². The van der Waals surface area contributed by atoms with Gasteiger partial charge in [0.1, 0.15) is 12.4 Å². The van der Waals surface area contributed by atoms with E-state index in [0.29, 0.717) is 18.7 Å². The third-order valence-electron chi connectivity index (χ3n) is 6.17. The third kappa shape index (κ3) is 5.66. The number of benzene rings is 3. The molecule has 194 valence electrons. The number of carbonyl (C=O) groups excluding carboxylic acids is 1. The van der Waals surface area contributed by atoms with Crippen LogP contribution in [0.2, 0.25) is 0 Å². The quantitative estimate of drug-likeness (QED) is 0.117. The van der Waals surface area contributed by atoms with Gasteiger partial charge in [0, 0.05) is 16.0 Å². The van der Waals surface area contributed by atoms with Crippen molar-refractivity contribution in [2.45, 2.75) is 31.3 Å². The summed E-state index contributed by atoms with van der Waals surface area (Å²) in [6.07, 6.45) is 3.48. The second kappa shape index (κ2) is 12.1. The van der Waals surface area contributed by atoms with Crippen LogP contribution in [0.4, 0.5) is 0 Å². The van der Waals surface area contributed by atoms with Crippen molar-refractivity contribution in [1.29, 1.82) is 0 Å². The van der Waals surface area contributed by atoms with E-state index < -0.39 is 5.97 Å². The van der Waals surface area contributed by atoms with Gasteiger partial charge in [0.05, 0.1) is 30.0 Å². The zero-order chi connectivity index (χ0) is 26.3. The molecule has 0 atom stereocenters. The summed E-state index contributed by atoms with van der Waals surface area (Å²) in [7, 11) is 0. The monoisotopic (exact) mass is 529 g/mol. The molecule has 0 fully saturated rings. The van der Waals surface area contributed by atoms with Gasteiger partial charge in [-0.25, -0.2) is 9.48 Å². The highest BCUT2D eigenvalue weighted by atomic mass is 32.2. The van der Waals surface area contributed by atoms with Crippen LogP contribution in [0, 0.1) is 0 Å². The number of fused-ring (bicyclic) bond motifs is 1. The molecule has 5 rings (SSSR count). The van der Waals surface area contributed by atoms with Crippen molar-refractivity contribution < 1.29 is 23.6 Å². The van der Waals surface area contributed by atoms with E-state index >= 15 is 0 Å². The number of nitrogens with zero attached hydrogens (tertiary/aromatic N) is 2. The molecule has 9 heteroatoms. The smallest absolute Gasteiger partial charge is 0.359 e. The van der Waals surface area contributed by atoms with Crippen molar-refractivity contribution in [2.24, 2.45) is 5.90 Å². The fourth-order valence-electron chi connectivity index (χ4n) is 4.42. The number of rotatable bonds is 10. The van der Waals surface area contributed by atoms with Gasteiger partial charge in [0.15, 0.2) is 5.69 Å². The molecule has 0 unspecified atom stereocenters. The fourth-order valence-corrected chi connectivity index (χ4v) is 4.79. The van der Waals surface area contributed by atoms with Crippen LogP contribution in [0.15, 0.2) is 83.8 Å². The highest BCUT2D eigenvalue weighted by Gasteiger charge is 2.27. The maximum absolute atomic E-state index is 12.8. The molecular weight excluding hydrogens is 502 g/mol. The molecule has 3 aromatic carbocycles. The summed E-state index contributed by atoms with van der Waals surface area (Å²) >= 11 is 0.995. The van der Waals surface area contributed by atoms with Crippen molar-refractivity contribution in [1.82, 2.24) is 9.78 Å². The van der Waals surface area contributed by atoms with Crippen molar-refractivity contribution in [2.75, 3.05) is 6.61 Å². The zero-order valence-electron chi connectivity index (χ0n) is 20.8. The Labute approximate surface area is 225 Å². The second-order valence-corrected chi connectivity index (χ2v) is 9.30. The Bertz CT molecular complexity index is 1430. The molecule has 0 amide bonds. The zero-order valence-corrected chi connectivity index (χ0v) is 21.6. The topological polar surface area (TPSA) is 97.8 Å². The Morgan fingerprint density at radius 3 is 2.53 bits per heavy atom. The average Bonchev–Trinajstić information content (AvgIpc) is 3.35. The molecule has 1 aliphatic carbocycles. The minimum Gasteiger partial charge on any atom is -0.488 e. The molecule has 38 heavy (non-hydrogen) atoms. The number of aromatic nitrogens is 2. The summed E-state index contributed by atoms with van der Waals surface area (Å²) in [5, 5.41) is 4.68. The predicted octanol–water partition coefficient (Wildman–Crippen LogP) is 5.94. The van der Waals surface area contributed by atoms with Crippen LogP contribution in [0.3, 0.4) is 0 Å². The first-order valence-corrected chi connectivity index (χ1v) is 13.0.